The first-order valence-corrected chi connectivity index (χ1v) is 10.6. The Hall–Kier alpha value is -2.27. The normalized spacial score (nSPS) is 14.9. The number of benzene rings is 2. The van der Waals surface area contributed by atoms with Crippen molar-refractivity contribution in [2.75, 3.05) is 19.0 Å². The van der Waals surface area contributed by atoms with Crippen LogP contribution in [0.3, 0.4) is 0 Å². The Kier molecular flexibility index (Phi) is 6.14. The molecular formula is C23H26O4S. The molecule has 1 heterocycles. The Morgan fingerprint density at radius 3 is 2.46 bits per heavy atom. The summed E-state index contributed by atoms with van der Waals surface area (Å²) in [6, 6.07) is 11.5. The van der Waals surface area contributed by atoms with Gasteiger partial charge in [0.2, 0.25) is 0 Å². The molecule has 3 rings (SSSR count). The molecule has 28 heavy (non-hydrogen) atoms. The number of esters is 2. The van der Waals surface area contributed by atoms with Crippen LogP contribution in [-0.4, -0.2) is 30.9 Å². The molecule has 0 bridgehead atoms. The molecule has 4 nitrogen and oxygen atoms in total. The minimum atomic E-state index is -0.513. The molecule has 0 radical (unpaired) electrons. The molecule has 148 valence electrons. The molecule has 0 N–H and O–H groups in total. The van der Waals surface area contributed by atoms with Gasteiger partial charge in [-0.1, -0.05) is 32.0 Å². The van der Waals surface area contributed by atoms with E-state index < -0.39 is 11.9 Å². The highest BCUT2D eigenvalue weighted by Crippen LogP contribution is 2.43. The summed E-state index contributed by atoms with van der Waals surface area (Å²) in [5.41, 5.74) is 3.45. The Morgan fingerprint density at radius 2 is 1.75 bits per heavy atom. The molecule has 0 atom stereocenters. The zero-order chi connectivity index (χ0) is 20.3. The van der Waals surface area contributed by atoms with Gasteiger partial charge in [-0.2, -0.15) is 0 Å². The van der Waals surface area contributed by atoms with Crippen LogP contribution in [0.25, 0.3) is 11.1 Å². The van der Waals surface area contributed by atoms with Crippen LogP contribution in [0.1, 0.15) is 60.4 Å². The van der Waals surface area contributed by atoms with E-state index in [4.69, 9.17) is 9.47 Å². The van der Waals surface area contributed by atoms with Crippen molar-refractivity contribution < 1.29 is 19.1 Å². The van der Waals surface area contributed by atoms with E-state index in [-0.39, 0.29) is 29.8 Å². The Morgan fingerprint density at radius 1 is 1.04 bits per heavy atom. The van der Waals surface area contributed by atoms with Gasteiger partial charge in [-0.05, 0) is 66.3 Å². The van der Waals surface area contributed by atoms with Crippen LogP contribution >= 0.6 is 11.8 Å². The first-order valence-electron chi connectivity index (χ1n) is 9.64. The van der Waals surface area contributed by atoms with Gasteiger partial charge in [-0.15, -0.1) is 11.8 Å². The van der Waals surface area contributed by atoms with Crippen LogP contribution in [0.15, 0.2) is 41.3 Å². The molecule has 0 fully saturated rings. The van der Waals surface area contributed by atoms with Crippen LogP contribution in [0.2, 0.25) is 0 Å². The molecule has 0 aliphatic carbocycles. The van der Waals surface area contributed by atoms with Crippen molar-refractivity contribution in [2.24, 2.45) is 0 Å². The summed E-state index contributed by atoms with van der Waals surface area (Å²) in [7, 11) is 0. The topological polar surface area (TPSA) is 52.6 Å². The second-order valence-electron chi connectivity index (χ2n) is 7.36. The lowest BCUT2D eigenvalue weighted by atomic mass is 9.80. The van der Waals surface area contributed by atoms with Crippen molar-refractivity contribution in [3.8, 4) is 11.1 Å². The number of carbonyl (C=O) groups excluding carboxylic acids is 2. The van der Waals surface area contributed by atoms with E-state index >= 15 is 0 Å². The van der Waals surface area contributed by atoms with Gasteiger partial charge in [0, 0.05) is 4.90 Å². The molecule has 2 aromatic rings. The molecule has 5 heteroatoms. The lowest BCUT2D eigenvalue weighted by Crippen LogP contribution is -2.22. The van der Waals surface area contributed by atoms with Gasteiger partial charge in [0.15, 0.2) is 0 Å². The minimum Gasteiger partial charge on any atom is -0.462 e. The average molecular weight is 399 g/mol. The van der Waals surface area contributed by atoms with Crippen LogP contribution in [0.4, 0.5) is 0 Å². The predicted octanol–water partition coefficient (Wildman–Crippen LogP) is 5.48. The molecule has 0 spiro atoms. The van der Waals surface area contributed by atoms with Crippen LogP contribution in [0.5, 0.6) is 0 Å². The smallest absolute Gasteiger partial charge is 0.339 e. The highest BCUT2D eigenvalue weighted by Gasteiger charge is 2.29. The summed E-state index contributed by atoms with van der Waals surface area (Å²) < 4.78 is 10.4. The number of ether oxygens (including phenoxy) is 2. The summed E-state index contributed by atoms with van der Waals surface area (Å²) in [4.78, 5) is 26.5. The fraction of sp³-hybridized carbons (Fsp3) is 0.391. The molecule has 1 aliphatic rings. The maximum Gasteiger partial charge on any atom is 0.339 e. The molecular weight excluding hydrogens is 372 g/mol. The number of rotatable bonds is 5. The average Bonchev–Trinajstić information content (AvgIpc) is 2.67. The summed E-state index contributed by atoms with van der Waals surface area (Å²) in [5, 5.41) is 0. The van der Waals surface area contributed by atoms with E-state index in [0.29, 0.717) is 5.56 Å². The van der Waals surface area contributed by atoms with Crippen molar-refractivity contribution in [2.45, 2.75) is 44.4 Å². The maximum atomic E-state index is 12.8. The van der Waals surface area contributed by atoms with E-state index in [0.717, 1.165) is 17.7 Å². The van der Waals surface area contributed by atoms with Crippen LogP contribution in [-0.2, 0) is 14.9 Å². The minimum absolute atomic E-state index is 0.0689. The third-order valence-electron chi connectivity index (χ3n) is 5.04. The van der Waals surface area contributed by atoms with Gasteiger partial charge in [0.05, 0.1) is 24.3 Å². The quantitative estimate of drug-likeness (QED) is 0.624. The Balaban J connectivity index is 2.18. The van der Waals surface area contributed by atoms with Gasteiger partial charge < -0.3 is 9.47 Å². The maximum absolute atomic E-state index is 12.8. The molecule has 0 saturated heterocycles. The highest BCUT2D eigenvalue weighted by atomic mass is 32.2. The summed E-state index contributed by atoms with van der Waals surface area (Å²) in [6.07, 6.45) is 1.10. The second kappa shape index (κ2) is 8.39. The van der Waals surface area contributed by atoms with Crippen LogP contribution < -0.4 is 0 Å². The molecule has 0 saturated carbocycles. The van der Waals surface area contributed by atoms with Gasteiger partial charge in [-0.3, -0.25) is 0 Å². The number of carbonyl (C=O) groups is 2. The van der Waals surface area contributed by atoms with Crippen LogP contribution in [0, 0.1) is 0 Å². The number of hydrogen-bond acceptors (Lipinski definition) is 5. The molecule has 0 unspecified atom stereocenters. The first kappa shape index (κ1) is 20.5. The van der Waals surface area contributed by atoms with E-state index in [1.165, 1.54) is 10.5 Å². The first-order chi connectivity index (χ1) is 13.4. The van der Waals surface area contributed by atoms with Crippen molar-refractivity contribution in [1.82, 2.24) is 0 Å². The number of fused-ring (bicyclic) bond motifs is 1. The number of thioether (sulfide) groups is 1. The predicted molar refractivity (Wildman–Crippen MR) is 112 cm³/mol. The standard InChI is InChI=1S/C23H26O4S/c1-5-26-21(24)17-9-7-8-16(20(17)22(25)27-6-2)15-10-11-19-18(14-15)23(3,4)12-13-28-19/h7-11,14H,5-6,12-13H2,1-4H3. The Labute approximate surface area is 170 Å². The largest absolute Gasteiger partial charge is 0.462 e. The Bertz CT molecular complexity index is 901. The van der Waals surface area contributed by atoms with Gasteiger partial charge in [-0.25, -0.2) is 9.59 Å². The third-order valence-corrected chi connectivity index (χ3v) is 6.12. The van der Waals surface area contributed by atoms with Gasteiger partial charge >= 0.3 is 11.9 Å². The molecule has 0 aromatic heterocycles. The van der Waals surface area contributed by atoms with Crippen molar-refractivity contribution in [3.05, 3.63) is 53.1 Å². The van der Waals surface area contributed by atoms with Gasteiger partial charge in [0.1, 0.15) is 0 Å². The number of hydrogen-bond donors (Lipinski definition) is 0. The third kappa shape index (κ3) is 3.95. The molecule has 2 aromatic carbocycles. The summed E-state index contributed by atoms with van der Waals surface area (Å²) >= 11 is 1.86. The second-order valence-corrected chi connectivity index (χ2v) is 8.50. The molecule has 0 amide bonds. The summed E-state index contributed by atoms with van der Waals surface area (Å²) in [6.45, 7) is 8.48. The van der Waals surface area contributed by atoms with Crippen molar-refractivity contribution >= 4 is 23.7 Å². The highest BCUT2D eigenvalue weighted by molar-refractivity contribution is 7.99. The SMILES string of the molecule is CCOC(=O)c1cccc(-c2ccc3c(c2)C(C)(C)CCS3)c1C(=O)OCC. The van der Waals surface area contributed by atoms with E-state index in [9.17, 15) is 9.59 Å². The van der Waals surface area contributed by atoms with Crippen molar-refractivity contribution in [3.63, 3.8) is 0 Å². The zero-order valence-corrected chi connectivity index (χ0v) is 17.7. The summed E-state index contributed by atoms with van der Waals surface area (Å²) in [5.74, 6) is 0.0833. The monoisotopic (exact) mass is 398 g/mol. The van der Waals surface area contributed by atoms with E-state index in [2.05, 4.69) is 26.0 Å². The van der Waals surface area contributed by atoms with E-state index in [1.54, 1.807) is 26.0 Å². The zero-order valence-electron chi connectivity index (χ0n) is 16.8. The lowest BCUT2D eigenvalue weighted by molar-refractivity contribution is 0.0479. The van der Waals surface area contributed by atoms with Gasteiger partial charge in [0.25, 0.3) is 0 Å². The van der Waals surface area contributed by atoms with E-state index in [1.807, 2.05) is 23.9 Å². The fourth-order valence-electron chi connectivity index (χ4n) is 3.50. The lowest BCUT2D eigenvalue weighted by Gasteiger charge is -2.32. The van der Waals surface area contributed by atoms with Crippen molar-refractivity contribution in [1.29, 1.82) is 0 Å². The fourth-order valence-corrected chi connectivity index (χ4v) is 4.99. The molecule has 1 aliphatic heterocycles.